The predicted molar refractivity (Wildman–Crippen MR) is 116 cm³/mol. The SMILES string of the molecule is CC(=O)NCc1ccc(C(=O)N2CCN(C(=O)Cc3c[nH]c4ccccc34)CC2)s1. The standard InChI is InChI=1S/C22H24N4O3S/c1-15(27)23-14-17-6-7-20(30-17)22(29)26-10-8-25(9-11-26)21(28)12-16-13-24-19-5-3-2-4-18(16)19/h2-7,13,24H,8-12,14H2,1H3,(H,23,27). The zero-order chi connectivity index (χ0) is 21.1. The number of amides is 3. The van der Waals surface area contributed by atoms with Crippen LogP contribution in [0.25, 0.3) is 10.9 Å². The highest BCUT2D eigenvalue weighted by Crippen LogP contribution is 2.21. The molecule has 0 aliphatic carbocycles. The first-order valence-corrected chi connectivity index (χ1v) is 10.8. The van der Waals surface area contributed by atoms with Crippen LogP contribution in [0.4, 0.5) is 0 Å². The van der Waals surface area contributed by atoms with Gasteiger partial charge < -0.3 is 20.1 Å². The summed E-state index contributed by atoms with van der Waals surface area (Å²) in [6.45, 7) is 4.03. The van der Waals surface area contributed by atoms with Gasteiger partial charge in [0.2, 0.25) is 11.8 Å². The van der Waals surface area contributed by atoms with Crippen molar-refractivity contribution in [3.8, 4) is 0 Å². The van der Waals surface area contributed by atoms with Crippen molar-refractivity contribution >= 4 is 40.0 Å². The summed E-state index contributed by atoms with van der Waals surface area (Å²) in [5.41, 5.74) is 2.03. The van der Waals surface area contributed by atoms with Gasteiger partial charge in [-0.2, -0.15) is 0 Å². The third-order valence-electron chi connectivity index (χ3n) is 5.32. The summed E-state index contributed by atoms with van der Waals surface area (Å²) < 4.78 is 0. The molecule has 0 bridgehead atoms. The number of rotatable bonds is 5. The van der Waals surface area contributed by atoms with E-state index in [1.54, 1.807) is 11.0 Å². The van der Waals surface area contributed by atoms with Crippen LogP contribution < -0.4 is 5.32 Å². The molecule has 7 nitrogen and oxygen atoms in total. The highest BCUT2D eigenvalue weighted by Gasteiger charge is 2.26. The van der Waals surface area contributed by atoms with Crippen LogP contribution in [0.15, 0.2) is 42.6 Å². The van der Waals surface area contributed by atoms with Gasteiger partial charge >= 0.3 is 0 Å². The maximum atomic E-state index is 12.8. The minimum atomic E-state index is -0.0929. The molecule has 30 heavy (non-hydrogen) atoms. The van der Waals surface area contributed by atoms with Crippen molar-refractivity contribution in [1.82, 2.24) is 20.1 Å². The fourth-order valence-corrected chi connectivity index (χ4v) is 4.58. The molecule has 0 unspecified atom stereocenters. The number of carbonyl (C=O) groups excluding carboxylic acids is 3. The summed E-state index contributed by atoms with van der Waals surface area (Å²) in [6, 6.07) is 11.6. The Kier molecular flexibility index (Phi) is 5.85. The molecule has 3 heterocycles. The summed E-state index contributed by atoms with van der Waals surface area (Å²) in [5.74, 6) is -0.0249. The fraction of sp³-hybridized carbons (Fsp3) is 0.318. The molecule has 1 aliphatic rings. The topological polar surface area (TPSA) is 85.5 Å². The van der Waals surface area contributed by atoms with Gasteiger partial charge in [0.15, 0.2) is 0 Å². The minimum absolute atomic E-state index is 0.0159. The van der Waals surface area contributed by atoms with E-state index in [0.29, 0.717) is 44.0 Å². The van der Waals surface area contributed by atoms with Gasteiger partial charge in [0.25, 0.3) is 5.91 Å². The van der Waals surface area contributed by atoms with E-state index in [0.717, 1.165) is 21.3 Å². The van der Waals surface area contributed by atoms with Crippen molar-refractivity contribution in [2.24, 2.45) is 0 Å². The van der Waals surface area contributed by atoms with Crippen LogP contribution in [0.2, 0.25) is 0 Å². The Bertz CT molecular complexity index is 1080. The molecule has 3 aromatic rings. The number of thiophene rings is 1. The number of hydrogen-bond donors (Lipinski definition) is 2. The number of hydrogen-bond acceptors (Lipinski definition) is 4. The highest BCUT2D eigenvalue weighted by molar-refractivity contribution is 7.14. The number of aromatic nitrogens is 1. The third kappa shape index (κ3) is 4.38. The first-order valence-electron chi connectivity index (χ1n) is 9.96. The Morgan fingerprint density at radius 1 is 1.03 bits per heavy atom. The molecule has 4 rings (SSSR count). The number of para-hydroxylation sites is 1. The van der Waals surface area contributed by atoms with E-state index in [4.69, 9.17) is 0 Å². The van der Waals surface area contributed by atoms with E-state index in [9.17, 15) is 14.4 Å². The number of nitrogens with zero attached hydrogens (tertiary/aromatic N) is 2. The molecule has 2 aromatic heterocycles. The van der Waals surface area contributed by atoms with Crippen LogP contribution in [0.3, 0.4) is 0 Å². The molecule has 1 saturated heterocycles. The van der Waals surface area contributed by atoms with E-state index in [1.165, 1.54) is 18.3 Å². The molecule has 156 valence electrons. The molecule has 2 N–H and O–H groups in total. The van der Waals surface area contributed by atoms with Crippen molar-refractivity contribution < 1.29 is 14.4 Å². The summed E-state index contributed by atoms with van der Waals surface area (Å²) in [7, 11) is 0. The number of piperazine rings is 1. The lowest BCUT2D eigenvalue weighted by atomic mass is 10.1. The largest absolute Gasteiger partial charge is 0.361 e. The molecule has 1 fully saturated rings. The summed E-state index contributed by atoms with van der Waals surface area (Å²) in [5, 5.41) is 3.82. The van der Waals surface area contributed by atoms with Crippen LogP contribution in [0.1, 0.15) is 27.0 Å². The molecule has 0 spiro atoms. The number of aromatic amines is 1. The van der Waals surface area contributed by atoms with Crippen LogP contribution in [-0.4, -0.2) is 58.7 Å². The van der Waals surface area contributed by atoms with Gasteiger partial charge in [0.05, 0.1) is 17.8 Å². The van der Waals surface area contributed by atoms with Gasteiger partial charge in [0, 0.05) is 55.1 Å². The van der Waals surface area contributed by atoms with Gasteiger partial charge in [-0.05, 0) is 23.8 Å². The molecule has 1 aliphatic heterocycles. The first kappa shape index (κ1) is 20.2. The van der Waals surface area contributed by atoms with Gasteiger partial charge in [-0.3, -0.25) is 14.4 Å². The van der Waals surface area contributed by atoms with Gasteiger partial charge in [-0.1, -0.05) is 18.2 Å². The van der Waals surface area contributed by atoms with Crippen molar-refractivity contribution in [1.29, 1.82) is 0 Å². The van der Waals surface area contributed by atoms with Crippen molar-refractivity contribution in [2.75, 3.05) is 26.2 Å². The lowest BCUT2D eigenvalue weighted by Gasteiger charge is -2.34. The number of benzene rings is 1. The Hall–Kier alpha value is -3.13. The predicted octanol–water partition coefficient (Wildman–Crippen LogP) is 2.39. The van der Waals surface area contributed by atoms with E-state index < -0.39 is 0 Å². The molecule has 1 aromatic carbocycles. The molecule has 0 saturated carbocycles. The van der Waals surface area contributed by atoms with Gasteiger partial charge in [-0.15, -0.1) is 11.3 Å². The molecular weight excluding hydrogens is 400 g/mol. The van der Waals surface area contributed by atoms with Crippen LogP contribution in [-0.2, 0) is 22.6 Å². The molecule has 3 amide bonds. The van der Waals surface area contributed by atoms with Gasteiger partial charge in [-0.25, -0.2) is 0 Å². The van der Waals surface area contributed by atoms with Crippen LogP contribution in [0, 0.1) is 0 Å². The molecule has 0 radical (unpaired) electrons. The Morgan fingerprint density at radius 2 is 1.77 bits per heavy atom. The summed E-state index contributed by atoms with van der Waals surface area (Å²) in [6.07, 6.45) is 2.26. The number of nitrogens with one attached hydrogen (secondary N) is 2. The average molecular weight is 425 g/mol. The molecular formula is C22H24N4O3S. The summed E-state index contributed by atoms with van der Waals surface area (Å²) >= 11 is 1.40. The smallest absolute Gasteiger partial charge is 0.264 e. The highest BCUT2D eigenvalue weighted by atomic mass is 32.1. The zero-order valence-electron chi connectivity index (χ0n) is 16.8. The van der Waals surface area contributed by atoms with E-state index >= 15 is 0 Å². The third-order valence-corrected chi connectivity index (χ3v) is 6.39. The van der Waals surface area contributed by atoms with Crippen molar-refractivity contribution in [2.45, 2.75) is 19.9 Å². The lowest BCUT2D eigenvalue weighted by Crippen LogP contribution is -2.50. The number of carbonyl (C=O) groups is 3. The van der Waals surface area contributed by atoms with Gasteiger partial charge in [0.1, 0.15) is 0 Å². The molecule has 8 heteroatoms. The number of H-pyrrole nitrogens is 1. The first-order chi connectivity index (χ1) is 14.5. The Morgan fingerprint density at radius 3 is 2.53 bits per heavy atom. The number of fused-ring (bicyclic) bond motifs is 1. The van der Waals surface area contributed by atoms with Crippen LogP contribution in [0.5, 0.6) is 0 Å². The zero-order valence-corrected chi connectivity index (χ0v) is 17.6. The lowest BCUT2D eigenvalue weighted by molar-refractivity contribution is -0.131. The maximum absolute atomic E-state index is 12.8. The summed E-state index contributed by atoms with van der Waals surface area (Å²) in [4.78, 5) is 45.0. The molecule has 0 atom stereocenters. The fourth-order valence-electron chi connectivity index (χ4n) is 3.67. The monoisotopic (exact) mass is 424 g/mol. The Balaban J connectivity index is 1.31. The van der Waals surface area contributed by atoms with Crippen molar-refractivity contribution in [3.05, 3.63) is 57.9 Å². The second-order valence-corrected chi connectivity index (χ2v) is 8.55. The second kappa shape index (κ2) is 8.71. The quantitative estimate of drug-likeness (QED) is 0.660. The maximum Gasteiger partial charge on any atom is 0.264 e. The minimum Gasteiger partial charge on any atom is -0.361 e. The second-order valence-electron chi connectivity index (χ2n) is 7.38. The van der Waals surface area contributed by atoms with E-state index in [-0.39, 0.29) is 17.7 Å². The van der Waals surface area contributed by atoms with Crippen LogP contribution >= 0.6 is 11.3 Å². The normalized spacial score (nSPS) is 14.2. The Labute approximate surface area is 178 Å². The average Bonchev–Trinajstić information content (AvgIpc) is 3.39. The van der Waals surface area contributed by atoms with E-state index in [2.05, 4.69) is 10.3 Å². The van der Waals surface area contributed by atoms with Crippen molar-refractivity contribution in [3.63, 3.8) is 0 Å². The van der Waals surface area contributed by atoms with E-state index in [1.807, 2.05) is 41.4 Å².